The van der Waals surface area contributed by atoms with Crippen molar-refractivity contribution >= 4 is 17.7 Å². The number of aromatic hydroxyl groups is 1. The van der Waals surface area contributed by atoms with E-state index in [1.807, 2.05) is 20.8 Å². The summed E-state index contributed by atoms with van der Waals surface area (Å²) < 4.78 is 10.5. The van der Waals surface area contributed by atoms with Gasteiger partial charge in [0.1, 0.15) is 11.7 Å². The van der Waals surface area contributed by atoms with Crippen LogP contribution in [0.5, 0.6) is 5.75 Å². The summed E-state index contributed by atoms with van der Waals surface area (Å²) in [6, 6.07) is 6.38. The van der Waals surface area contributed by atoms with Crippen molar-refractivity contribution < 1.29 is 29.0 Å². The van der Waals surface area contributed by atoms with Crippen LogP contribution in [0.3, 0.4) is 0 Å². The Hall–Kier alpha value is -3.09. The van der Waals surface area contributed by atoms with Gasteiger partial charge in [-0.05, 0) is 50.3 Å². The predicted molar refractivity (Wildman–Crippen MR) is 114 cm³/mol. The monoisotopic (exact) mass is 427 g/mol. The Labute approximate surface area is 182 Å². The van der Waals surface area contributed by atoms with Crippen molar-refractivity contribution in [3.05, 3.63) is 52.4 Å². The molecule has 2 aliphatic rings. The number of hydrogen-bond donors (Lipinski definition) is 2. The van der Waals surface area contributed by atoms with Crippen LogP contribution in [0.2, 0.25) is 0 Å². The summed E-state index contributed by atoms with van der Waals surface area (Å²) in [5, 5.41) is 13.0. The van der Waals surface area contributed by atoms with Gasteiger partial charge < -0.3 is 19.9 Å². The van der Waals surface area contributed by atoms with Crippen LogP contribution < -0.4 is 5.32 Å². The molecular formula is C24H29NO6. The van der Waals surface area contributed by atoms with Gasteiger partial charge in [0.15, 0.2) is 5.78 Å². The minimum atomic E-state index is -0.935. The number of methoxy groups -OCH3 is 1. The van der Waals surface area contributed by atoms with Crippen LogP contribution in [0.4, 0.5) is 0 Å². The Balaban J connectivity index is 2.15. The molecule has 1 aromatic carbocycles. The molecule has 0 aromatic heterocycles. The van der Waals surface area contributed by atoms with E-state index >= 15 is 0 Å². The van der Waals surface area contributed by atoms with E-state index < -0.39 is 23.8 Å². The normalized spacial score (nSPS) is 24.3. The number of dihydropyridines is 1. The number of ether oxygens (including phenoxy) is 2. The van der Waals surface area contributed by atoms with Gasteiger partial charge in [-0.25, -0.2) is 4.79 Å². The highest BCUT2D eigenvalue weighted by molar-refractivity contribution is 6.12. The molecular weight excluding hydrogens is 398 g/mol. The lowest BCUT2D eigenvalue weighted by Gasteiger charge is -2.38. The number of Topliss-reactive ketones (excluding diaryl/α,β-unsaturated/α-hetero) is 1. The number of carbonyl (C=O) groups excluding carboxylic acids is 3. The lowest BCUT2D eigenvalue weighted by atomic mass is 9.69. The third kappa shape index (κ3) is 4.22. The highest BCUT2D eigenvalue weighted by Gasteiger charge is 2.47. The molecule has 31 heavy (non-hydrogen) atoms. The van der Waals surface area contributed by atoms with Crippen molar-refractivity contribution in [2.75, 3.05) is 7.11 Å². The number of phenolic OH excluding ortho intramolecular Hbond substituents is 1. The zero-order valence-corrected chi connectivity index (χ0v) is 18.5. The molecule has 0 fully saturated rings. The molecule has 0 bridgehead atoms. The summed E-state index contributed by atoms with van der Waals surface area (Å²) in [6.45, 7) is 7.35. The molecule has 2 N–H and O–H groups in total. The number of carbonyl (C=O) groups is 3. The number of hydrogen-bond acceptors (Lipinski definition) is 7. The highest BCUT2D eigenvalue weighted by atomic mass is 16.5. The Morgan fingerprint density at radius 2 is 1.90 bits per heavy atom. The van der Waals surface area contributed by atoms with E-state index in [0.717, 1.165) is 0 Å². The van der Waals surface area contributed by atoms with Gasteiger partial charge in [-0.15, -0.1) is 0 Å². The van der Waals surface area contributed by atoms with Crippen LogP contribution in [0.25, 0.3) is 0 Å². The Morgan fingerprint density at radius 1 is 1.26 bits per heavy atom. The molecule has 1 heterocycles. The number of benzene rings is 1. The minimum absolute atomic E-state index is 0.0763. The Morgan fingerprint density at radius 3 is 2.48 bits per heavy atom. The SMILES string of the molecule is CC[C@H](C)OC(=O)C1=C(C)NC2=C(C(=O)[C@@H](C(=O)OC)[C@@H](C)C2)[C@@H]1c1ccc(O)cc1. The molecule has 1 aliphatic heterocycles. The molecule has 3 rings (SSSR count). The number of nitrogens with one attached hydrogen (secondary N) is 1. The molecule has 7 heteroatoms. The molecule has 0 amide bonds. The van der Waals surface area contributed by atoms with E-state index in [4.69, 9.17) is 9.47 Å². The third-order valence-electron chi connectivity index (χ3n) is 6.07. The van der Waals surface area contributed by atoms with E-state index in [-0.39, 0.29) is 23.6 Å². The Kier molecular flexibility index (Phi) is 6.53. The standard InChI is InChI=1S/C24H29NO6/c1-6-13(3)31-24(29)19-14(4)25-17-11-12(2)18(23(28)30-5)22(27)21(17)20(19)15-7-9-16(26)10-8-15/h7-10,12-13,18,20,25-26H,6,11H2,1-5H3/t12-,13-,18-,20+/m0/s1. The number of rotatable bonds is 5. The summed E-state index contributed by atoms with van der Waals surface area (Å²) in [6.07, 6.45) is 0.846. The van der Waals surface area contributed by atoms with Gasteiger partial charge in [0.05, 0.1) is 18.8 Å². The van der Waals surface area contributed by atoms with Crippen LogP contribution in [-0.4, -0.2) is 36.0 Å². The van der Waals surface area contributed by atoms with Crippen molar-refractivity contribution in [2.45, 2.75) is 52.6 Å². The lowest BCUT2D eigenvalue weighted by Crippen LogP contribution is -2.43. The number of phenols is 1. The van der Waals surface area contributed by atoms with E-state index in [9.17, 15) is 19.5 Å². The summed E-state index contributed by atoms with van der Waals surface area (Å²) in [5.41, 5.74) is 2.68. The first-order chi connectivity index (χ1) is 14.7. The van der Waals surface area contributed by atoms with Crippen molar-refractivity contribution in [1.82, 2.24) is 5.32 Å². The molecule has 0 saturated carbocycles. The maximum Gasteiger partial charge on any atom is 0.337 e. The van der Waals surface area contributed by atoms with Gasteiger partial charge in [-0.2, -0.15) is 0 Å². The quantitative estimate of drug-likeness (QED) is 0.549. The summed E-state index contributed by atoms with van der Waals surface area (Å²) in [4.78, 5) is 39.1. The van der Waals surface area contributed by atoms with Crippen LogP contribution >= 0.6 is 0 Å². The van der Waals surface area contributed by atoms with Crippen LogP contribution in [0.1, 0.15) is 52.0 Å². The predicted octanol–water partition coefficient (Wildman–Crippen LogP) is 3.35. The average Bonchev–Trinajstić information content (AvgIpc) is 2.72. The second-order valence-corrected chi connectivity index (χ2v) is 8.25. The third-order valence-corrected chi connectivity index (χ3v) is 6.07. The molecule has 4 atom stereocenters. The van der Waals surface area contributed by atoms with E-state index in [2.05, 4.69) is 5.32 Å². The van der Waals surface area contributed by atoms with E-state index in [0.29, 0.717) is 40.9 Å². The van der Waals surface area contributed by atoms with Crippen molar-refractivity contribution in [2.24, 2.45) is 11.8 Å². The first-order valence-corrected chi connectivity index (χ1v) is 10.5. The van der Waals surface area contributed by atoms with Gasteiger partial charge in [-0.3, -0.25) is 9.59 Å². The highest BCUT2D eigenvalue weighted by Crippen LogP contribution is 2.45. The van der Waals surface area contributed by atoms with E-state index in [1.165, 1.54) is 19.2 Å². The number of ketones is 1. The van der Waals surface area contributed by atoms with Gasteiger partial charge in [0, 0.05) is 22.9 Å². The zero-order chi connectivity index (χ0) is 22.9. The fraction of sp³-hybridized carbons (Fsp3) is 0.458. The maximum absolute atomic E-state index is 13.6. The van der Waals surface area contributed by atoms with Crippen LogP contribution in [0, 0.1) is 11.8 Å². The summed E-state index contributed by atoms with van der Waals surface area (Å²) in [5.74, 6) is -3.25. The first kappa shape index (κ1) is 22.6. The largest absolute Gasteiger partial charge is 0.508 e. The molecule has 1 aliphatic carbocycles. The molecule has 0 radical (unpaired) electrons. The van der Waals surface area contributed by atoms with Crippen molar-refractivity contribution in [1.29, 1.82) is 0 Å². The molecule has 1 aromatic rings. The summed E-state index contributed by atoms with van der Waals surface area (Å²) >= 11 is 0. The number of esters is 2. The zero-order valence-electron chi connectivity index (χ0n) is 18.5. The minimum Gasteiger partial charge on any atom is -0.508 e. The van der Waals surface area contributed by atoms with E-state index in [1.54, 1.807) is 19.1 Å². The van der Waals surface area contributed by atoms with Crippen LogP contribution in [0.15, 0.2) is 46.8 Å². The molecule has 166 valence electrons. The lowest BCUT2D eigenvalue weighted by molar-refractivity contribution is -0.151. The summed E-state index contributed by atoms with van der Waals surface area (Å²) in [7, 11) is 1.27. The molecule has 0 spiro atoms. The smallest absolute Gasteiger partial charge is 0.337 e. The second-order valence-electron chi connectivity index (χ2n) is 8.25. The average molecular weight is 427 g/mol. The van der Waals surface area contributed by atoms with Gasteiger partial charge in [0.25, 0.3) is 0 Å². The first-order valence-electron chi connectivity index (χ1n) is 10.5. The molecule has 7 nitrogen and oxygen atoms in total. The van der Waals surface area contributed by atoms with Crippen molar-refractivity contribution in [3.8, 4) is 5.75 Å². The maximum atomic E-state index is 13.6. The molecule has 0 saturated heterocycles. The van der Waals surface area contributed by atoms with Crippen LogP contribution in [-0.2, 0) is 23.9 Å². The second kappa shape index (κ2) is 8.96. The topological polar surface area (TPSA) is 102 Å². The number of allylic oxidation sites excluding steroid dienone is 3. The fourth-order valence-electron chi connectivity index (χ4n) is 4.28. The molecule has 0 unspecified atom stereocenters. The fourth-order valence-corrected chi connectivity index (χ4v) is 4.28. The van der Waals surface area contributed by atoms with Gasteiger partial charge in [0.2, 0.25) is 0 Å². The van der Waals surface area contributed by atoms with Gasteiger partial charge >= 0.3 is 11.9 Å². The van der Waals surface area contributed by atoms with Gasteiger partial charge in [-0.1, -0.05) is 26.0 Å². The van der Waals surface area contributed by atoms with Crippen molar-refractivity contribution in [3.63, 3.8) is 0 Å². The Bertz CT molecular complexity index is 959.